The van der Waals surface area contributed by atoms with Crippen LogP contribution in [0.2, 0.25) is 0 Å². The van der Waals surface area contributed by atoms with E-state index in [-0.39, 0.29) is 36.4 Å². The molecule has 0 saturated carbocycles. The molecule has 196 valence electrons. The summed E-state index contributed by atoms with van der Waals surface area (Å²) in [5.41, 5.74) is 3.98. The quantitative estimate of drug-likeness (QED) is 0.157. The zero-order chi connectivity index (χ0) is 27.4. The molecule has 5 rings (SSSR count). The molecular formula is C29H24N4O3S3. The number of nitrogens with one attached hydrogen (secondary N) is 1. The molecule has 4 aromatic rings. The van der Waals surface area contributed by atoms with Crippen molar-refractivity contribution in [3.8, 4) is 0 Å². The molecule has 3 aromatic carbocycles. The van der Waals surface area contributed by atoms with Crippen LogP contribution < -0.4 is 5.32 Å². The van der Waals surface area contributed by atoms with Crippen molar-refractivity contribution in [1.82, 2.24) is 14.5 Å². The normalized spacial score (nSPS) is 14.4. The molecule has 1 aliphatic heterocycles. The van der Waals surface area contributed by atoms with Gasteiger partial charge >= 0.3 is 0 Å². The first-order chi connectivity index (χ1) is 18.9. The number of amides is 2. The third kappa shape index (κ3) is 6.30. The standard InChI is InChI=1S/C29H24N4O3S3/c1-19-8-7-11-21(16-19)30-25(34)18-38-28-31-22-12-5-6-13-23(22)33(28)26(35)14-15-32-27(36)24(39-29(32)37)17-20-9-3-2-4-10-20/h2-13,16-17H,14-15,18H2,1H3,(H,30,34). The van der Waals surface area contributed by atoms with E-state index in [4.69, 9.17) is 12.2 Å². The van der Waals surface area contributed by atoms with Crippen molar-refractivity contribution in [2.75, 3.05) is 17.6 Å². The van der Waals surface area contributed by atoms with Gasteiger partial charge in [-0.2, -0.15) is 0 Å². The van der Waals surface area contributed by atoms with Gasteiger partial charge in [0.05, 0.1) is 21.7 Å². The second-order valence-electron chi connectivity index (χ2n) is 8.81. The van der Waals surface area contributed by atoms with Crippen LogP contribution in [0, 0.1) is 6.92 Å². The number of aromatic nitrogens is 2. The summed E-state index contributed by atoms with van der Waals surface area (Å²) in [7, 11) is 0. The van der Waals surface area contributed by atoms with Crippen LogP contribution in [0.25, 0.3) is 17.1 Å². The van der Waals surface area contributed by atoms with Crippen LogP contribution >= 0.6 is 35.7 Å². The van der Waals surface area contributed by atoms with Crippen LogP contribution in [0.4, 0.5) is 5.69 Å². The number of hydrogen-bond donors (Lipinski definition) is 1. The first-order valence-electron chi connectivity index (χ1n) is 12.2. The minimum atomic E-state index is -0.230. The fourth-order valence-corrected chi connectivity index (χ4v) is 6.24. The molecule has 1 aliphatic rings. The minimum Gasteiger partial charge on any atom is -0.325 e. The molecule has 1 N–H and O–H groups in total. The SMILES string of the molecule is Cc1cccc(NC(=O)CSc2nc3ccccc3n2C(=O)CCN2C(=O)C(=Cc3ccccc3)SC2=S)c1. The van der Waals surface area contributed by atoms with E-state index in [9.17, 15) is 14.4 Å². The van der Waals surface area contributed by atoms with E-state index in [0.29, 0.717) is 25.4 Å². The second-order valence-corrected chi connectivity index (χ2v) is 11.4. The number of hydrogen-bond acceptors (Lipinski definition) is 7. The lowest BCUT2D eigenvalue weighted by Crippen LogP contribution is -2.31. The fourth-order valence-electron chi connectivity index (χ4n) is 4.10. The number of aryl methyl sites for hydroxylation is 1. The Hall–Kier alpha value is -3.73. The van der Waals surface area contributed by atoms with Crippen molar-refractivity contribution in [2.45, 2.75) is 18.5 Å². The Morgan fingerprint density at radius 3 is 2.62 bits per heavy atom. The summed E-state index contributed by atoms with van der Waals surface area (Å²) < 4.78 is 1.95. The molecule has 0 radical (unpaired) electrons. The average molecular weight is 573 g/mol. The zero-order valence-electron chi connectivity index (χ0n) is 21.0. The average Bonchev–Trinajstić information content (AvgIpc) is 3.42. The van der Waals surface area contributed by atoms with Gasteiger partial charge in [-0.25, -0.2) is 4.98 Å². The maximum atomic E-state index is 13.5. The van der Waals surface area contributed by atoms with Crippen LogP contribution in [-0.4, -0.2) is 48.8 Å². The lowest BCUT2D eigenvalue weighted by Gasteiger charge is -2.15. The Kier molecular flexibility index (Phi) is 8.25. The van der Waals surface area contributed by atoms with Crippen molar-refractivity contribution < 1.29 is 14.4 Å². The topological polar surface area (TPSA) is 84.3 Å². The Morgan fingerprint density at radius 2 is 1.82 bits per heavy atom. The minimum absolute atomic E-state index is 0.0501. The van der Waals surface area contributed by atoms with E-state index in [1.165, 1.54) is 33.0 Å². The van der Waals surface area contributed by atoms with Crippen molar-refractivity contribution in [1.29, 1.82) is 0 Å². The van der Waals surface area contributed by atoms with Crippen LogP contribution in [0.5, 0.6) is 0 Å². The molecule has 1 aromatic heterocycles. The lowest BCUT2D eigenvalue weighted by atomic mass is 10.2. The molecule has 0 unspecified atom stereocenters. The summed E-state index contributed by atoms with van der Waals surface area (Å²) in [5.74, 6) is -0.547. The van der Waals surface area contributed by atoms with E-state index in [2.05, 4.69) is 10.3 Å². The smallest absolute Gasteiger partial charge is 0.266 e. The lowest BCUT2D eigenvalue weighted by molar-refractivity contribution is -0.122. The van der Waals surface area contributed by atoms with E-state index < -0.39 is 0 Å². The van der Waals surface area contributed by atoms with E-state index in [1.54, 1.807) is 6.08 Å². The van der Waals surface area contributed by atoms with Gasteiger partial charge in [0.1, 0.15) is 4.32 Å². The van der Waals surface area contributed by atoms with Crippen LogP contribution in [0.3, 0.4) is 0 Å². The largest absolute Gasteiger partial charge is 0.325 e. The van der Waals surface area contributed by atoms with Crippen molar-refractivity contribution in [2.24, 2.45) is 0 Å². The molecule has 7 nitrogen and oxygen atoms in total. The van der Waals surface area contributed by atoms with Crippen molar-refractivity contribution in [3.63, 3.8) is 0 Å². The molecule has 1 saturated heterocycles. The van der Waals surface area contributed by atoms with Crippen LogP contribution in [0.1, 0.15) is 22.3 Å². The third-order valence-corrected chi connectivity index (χ3v) is 8.25. The van der Waals surface area contributed by atoms with Crippen LogP contribution in [0.15, 0.2) is 88.9 Å². The van der Waals surface area contributed by atoms with Gasteiger partial charge in [-0.15, -0.1) is 0 Å². The Bertz CT molecular complexity index is 1610. The maximum Gasteiger partial charge on any atom is 0.266 e. The Labute approximate surface area is 239 Å². The highest BCUT2D eigenvalue weighted by Gasteiger charge is 2.32. The molecule has 39 heavy (non-hydrogen) atoms. The zero-order valence-corrected chi connectivity index (χ0v) is 23.4. The highest BCUT2D eigenvalue weighted by Crippen LogP contribution is 2.33. The summed E-state index contributed by atoms with van der Waals surface area (Å²) >= 11 is 7.87. The van der Waals surface area contributed by atoms with Gasteiger partial charge in [0, 0.05) is 18.7 Å². The summed E-state index contributed by atoms with van der Waals surface area (Å²) in [6.07, 6.45) is 1.86. The van der Waals surface area contributed by atoms with E-state index >= 15 is 0 Å². The molecule has 2 heterocycles. The predicted molar refractivity (Wildman–Crippen MR) is 162 cm³/mol. The number of fused-ring (bicyclic) bond motifs is 1. The molecule has 2 amide bonds. The number of imidazole rings is 1. The summed E-state index contributed by atoms with van der Waals surface area (Å²) in [5, 5.41) is 3.31. The third-order valence-electron chi connectivity index (χ3n) is 5.93. The summed E-state index contributed by atoms with van der Waals surface area (Å²) in [4.78, 5) is 45.7. The Balaban J connectivity index is 1.28. The number of para-hydroxylation sites is 2. The molecular weight excluding hydrogens is 549 g/mol. The Morgan fingerprint density at radius 1 is 1.05 bits per heavy atom. The monoisotopic (exact) mass is 572 g/mol. The van der Waals surface area contributed by atoms with Gasteiger partial charge < -0.3 is 5.32 Å². The first kappa shape index (κ1) is 26.9. The number of benzene rings is 3. The molecule has 0 aliphatic carbocycles. The van der Waals surface area contributed by atoms with Gasteiger partial charge in [-0.05, 0) is 48.4 Å². The van der Waals surface area contributed by atoms with Gasteiger partial charge in [0.25, 0.3) is 5.91 Å². The van der Waals surface area contributed by atoms with Gasteiger partial charge in [0.2, 0.25) is 11.8 Å². The van der Waals surface area contributed by atoms with Crippen molar-refractivity contribution in [3.05, 3.63) is 94.9 Å². The molecule has 0 spiro atoms. The number of carbonyl (C=O) groups excluding carboxylic acids is 3. The number of carbonyl (C=O) groups is 3. The first-order valence-corrected chi connectivity index (χ1v) is 14.4. The number of thiocarbonyl (C=S) groups is 1. The van der Waals surface area contributed by atoms with Gasteiger partial charge in [0.15, 0.2) is 5.16 Å². The summed E-state index contributed by atoms with van der Waals surface area (Å²) in [6, 6.07) is 24.5. The fraction of sp³-hybridized carbons (Fsp3) is 0.138. The number of anilines is 1. The van der Waals surface area contributed by atoms with E-state index in [1.807, 2.05) is 85.8 Å². The second kappa shape index (κ2) is 12.0. The number of thioether (sulfide) groups is 2. The number of rotatable bonds is 8. The van der Waals surface area contributed by atoms with Crippen LogP contribution in [-0.2, 0) is 9.59 Å². The summed E-state index contributed by atoms with van der Waals surface area (Å²) in [6.45, 7) is 2.11. The predicted octanol–water partition coefficient (Wildman–Crippen LogP) is 6.01. The van der Waals surface area contributed by atoms with Gasteiger partial charge in [-0.3, -0.25) is 23.9 Å². The molecule has 0 bridgehead atoms. The highest BCUT2D eigenvalue weighted by molar-refractivity contribution is 8.26. The molecule has 10 heteroatoms. The highest BCUT2D eigenvalue weighted by atomic mass is 32.2. The molecule has 0 atom stereocenters. The maximum absolute atomic E-state index is 13.5. The van der Waals surface area contributed by atoms with Gasteiger partial charge in [-0.1, -0.05) is 90.3 Å². The van der Waals surface area contributed by atoms with Crippen molar-refractivity contribution >= 4 is 80.6 Å². The molecule has 1 fully saturated rings. The van der Waals surface area contributed by atoms with E-state index in [0.717, 1.165) is 16.8 Å². The number of nitrogens with zero attached hydrogens (tertiary/aromatic N) is 3.